The fourth-order valence-electron chi connectivity index (χ4n) is 1.16. The Labute approximate surface area is 104 Å². The number of rotatable bonds is 6. The van der Waals surface area contributed by atoms with Crippen molar-refractivity contribution in [3.63, 3.8) is 0 Å². The Kier molecular flexibility index (Phi) is 5.81. The lowest BCUT2D eigenvalue weighted by molar-refractivity contribution is 0.411. The first-order valence-electron chi connectivity index (χ1n) is 5.16. The van der Waals surface area contributed by atoms with E-state index in [9.17, 15) is 8.42 Å². The summed E-state index contributed by atoms with van der Waals surface area (Å²) in [5, 5.41) is 0. The molecule has 7 heteroatoms. The predicted molar refractivity (Wildman–Crippen MR) is 70.5 cm³/mol. The van der Waals surface area contributed by atoms with Crippen molar-refractivity contribution in [1.82, 2.24) is 9.03 Å². The molecule has 16 heavy (non-hydrogen) atoms. The summed E-state index contributed by atoms with van der Waals surface area (Å²) in [5.74, 6) is 0. The SMILES string of the molecule is CCCN(CC(N)=S)S(=O)(=O)NC(C)(C)C. The fraction of sp³-hybridized carbons (Fsp3) is 0.889. The lowest BCUT2D eigenvalue weighted by atomic mass is 10.1. The summed E-state index contributed by atoms with van der Waals surface area (Å²) in [5.41, 5.74) is 4.87. The molecule has 0 aromatic heterocycles. The molecule has 0 aliphatic heterocycles. The third kappa shape index (κ3) is 6.37. The van der Waals surface area contributed by atoms with Crippen molar-refractivity contribution in [2.75, 3.05) is 13.1 Å². The average molecular weight is 267 g/mol. The highest BCUT2D eigenvalue weighted by atomic mass is 32.2. The Bertz CT molecular complexity index is 333. The van der Waals surface area contributed by atoms with Crippen LogP contribution in [0, 0.1) is 0 Å². The first-order valence-corrected chi connectivity index (χ1v) is 7.00. The Morgan fingerprint density at radius 1 is 1.44 bits per heavy atom. The van der Waals surface area contributed by atoms with E-state index >= 15 is 0 Å². The maximum atomic E-state index is 12.0. The van der Waals surface area contributed by atoms with Crippen LogP contribution in [0.2, 0.25) is 0 Å². The summed E-state index contributed by atoms with van der Waals surface area (Å²) in [6.07, 6.45) is 0.716. The zero-order chi connectivity index (χ0) is 13.0. The molecule has 96 valence electrons. The van der Waals surface area contributed by atoms with Gasteiger partial charge in [-0.1, -0.05) is 19.1 Å². The van der Waals surface area contributed by atoms with Gasteiger partial charge in [0.1, 0.15) is 0 Å². The smallest absolute Gasteiger partial charge is 0.280 e. The highest BCUT2D eigenvalue weighted by Gasteiger charge is 2.26. The van der Waals surface area contributed by atoms with Crippen LogP contribution >= 0.6 is 12.2 Å². The van der Waals surface area contributed by atoms with Crippen molar-refractivity contribution in [3.8, 4) is 0 Å². The molecule has 0 unspecified atom stereocenters. The van der Waals surface area contributed by atoms with Gasteiger partial charge in [0.15, 0.2) is 0 Å². The van der Waals surface area contributed by atoms with Gasteiger partial charge in [-0.25, -0.2) is 0 Å². The molecule has 0 saturated carbocycles. The third-order valence-corrected chi connectivity index (χ3v) is 3.57. The summed E-state index contributed by atoms with van der Waals surface area (Å²) in [4.78, 5) is 0.174. The summed E-state index contributed by atoms with van der Waals surface area (Å²) in [6.45, 7) is 7.75. The lowest BCUT2D eigenvalue weighted by Gasteiger charge is -2.27. The molecule has 0 aromatic carbocycles. The molecule has 0 aromatic rings. The summed E-state index contributed by atoms with van der Waals surface area (Å²) in [7, 11) is -3.52. The van der Waals surface area contributed by atoms with Gasteiger partial charge in [-0.3, -0.25) is 0 Å². The largest absolute Gasteiger partial charge is 0.392 e. The summed E-state index contributed by atoms with van der Waals surface area (Å²) in [6, 6.07) is 0. The predicted octanol–water partition coefficient (Wildman–Crippen LogP) is 0.617. The molecule has 0 atom stereocenters. The minimum Gasteiger partial charge on any atom is -0.392 e. The molecule has 0 rings (SSSR count). The van der Waals surface area contributed by atoms with Crippen LogP contribution in [0.3, 0.4) is 0 Å². The fourth-order valence-corrected chi connectivity index (χ4v) is 3.03. The van der Waals surface area contributed by atoms with Crippen molar-refractivity contribution < 1.29 is 8.42 Å². The normalized spacial score (nSPS) is 13.1. The van der Waals surface area contributed by atoms with E-state index in [4.69, 9.17) is 18.0 Å². The standard InChI is InChI=1S/C9H21N3O2S2/c1-5-6-12(7-8(10)15)16(13,14)11-9(2,3)4/h11H,5-7H2,1-4H3,(H2,10,15). The molecular formula is C9H21N3O2S2. The lowest BCUT2D eigenvalue weighted by Crippen LogP contribution is -2.50. The van der Waals surface area contributed by atoms with Gasteiger partial charge in [-0.05, 0) is 27.2 Å². The van der Waals surface area contributed by atoms with E-state index in [1.54, 1.807) is 20.8 Å². The molecule has 0 aliphatic carbocycles. The summed E-state index contributed by atoms with van der Waals surface area (Å²) < 4.78 is 27.8. The molecule has 0 radical (unpaired) electrons. The molecule has 0 aliphatic rings. The number of thiocarbonyl (C=S) groups is 1. The van der Waals surface area contributed by atoms with E-state index in [2.05, 4.69) is 4.72 Å². The van der Waals surface area contributed by atoms with Gasteiger partial charge >= 0.3 is 0 Å². The second-order valence-electron chi connectivity index (χ2n) is 4.66. The molecule has 5 nitrogen and oxygen atoms in total. The van der Waals surface area contributed by atoms with Crippen LogP contribution in [0.4, 0.5) is 0 Å². The number of nitrogens with one attached hydrogen (secondary N) is 1. The molecular weight excluding hydrogens is 246 g/mol. The Morgan fingerprint density at radius 3 is 2.25 bits per heavy atom. The second kappa shape index (κ2) is 5.90. The van der Waals surface area contributed by atoms with Gasteiger partial charge in [0.2, 0.25) is 0 Å². The summed E-state index contributed by atoms with van der Waals surface area (Å²) >= 11 is 4.74. The Balaban J connectivity index is 4.83. The van der Waals surface area contributed by atoms with Crippen LogP contribution < -0.4 is 10.5 Å². The highest BCUT2D eigenvalue weighted by Crippen LogP contribution is 2.07. The van der Waals surface area contributed by atoms with Gasteiger partial charge in [-0.15, -0.1) is 0 Å². The van der Waals surface area contributed by atoms with E-state index in [1.807, 2.05) is 6.92 Å². The number of nitrogens with two attached hydrogens (primary N) is 1. The quantitative estimate of drug-likeness (QED) is 0.692. The molecule has 0 heterocycles. The molecule has 0 spiro atoms. The monoisotopic (exact) mass is 267 g/mol. The molecule has 3 N–H and O–H groups in total. The minimum absolute atomic E-state index is 0.0780. The van der Waals surface area contributed by atoms with Crippen molar-refractivity contribution in [3.05, 3.63) is 0 Å². The molecule has 0 amide bonds. The van der Waals surface area contributed by atoms with E-state index in [0.29, 0.717) is 13.0 Å². The first-order chi connectivity index (χ1) is 7.08. The van der Waals surface area contributed by atoms with Crippen LogP contribution in [0.5, 0.6) is 0 Å². The van der Waals surface area contributed by atoms with Crippen LogP contribution in [0.15, 0.2) is 0 Å². The van der Waals surface area contributed by atoms with Gasteiger partial charge in [0, 0.05) is 12.1 Å². The van der Waals surface area contributed by atoms with Crippen LogP contribution in [0.1, 0.15) is 34.1 Å². The number of hydrogen-bond donors (Lipinski definition) is 2. The van der Waals surface area contributed by atoms with E-state index < -0.39 is 15.7 Å². The van der Waals surface area contributed by atoms with E-state index in [1.165, 1.54) is 4.31 Å². The maximum Gasteiger partial charge on any atom is 0.280 e. The Hall–Kier alpha value is -0.240. The highest BCUT2D eigenvalue weighted by molar-refractivity contribution is 7.87. The Morgan fingerprint density at radius 2 is 1.94 bits per heavy atom. The van der Waals surface area contributed by atoms with Crippen LogP contribution in [0.25, 0.3) is 0 Å². The zero-order valence-corrected chi connectivity index (χ0v) is 11.9. The first kappa shape index (κ1) is 15.8. The molecule has 0 bridgehead atoms. The minimum atomic E-state index is -3.52. The van der Waals surface area contributed by atoms with E-state index in [0.717, 1.165) is 0 Å². The average Bonchev–Trinajstić information content (AvgIpc) is 1.97. The van der Waals surface area contributed by atoms with Crippen molar-refractivity contribution in [2.24, 2.45) is 5.73 Å². The topological polar surface area (TPSA) is 75.4 Å². The number of nitrogens with zero attached hydrogens (tertiary/aromatic N) is 1. The van der Waals surface area contributed by atoms with Crippen LogP contribution in [-0.4, -0.2) is 36.3 Å². The van der Waals surface area contributed by atoms with Crippen LogP contribution in [-0.2, 0) is 10.2 Å². The second-order valence-corrected chi connectivity index (χ2v) is 6.85. The van der Waals surface area contributed by atoms with Gasteiger partial charge in [0.25, 0.3) is 10.2 Å². The van der Waals surface area contributed by atoms with Gasteiger partial charge in [-0.2, -0.15) is 17.4 Å². The number of hydrogen-bond acceptors (Lipinski definition) is 3. The zero-order valence-electron chi connectivity index (χ0n) is 10.3. The molecule has 0 fully saturated rings. The van der Waals surface area contributed by atoms with Crippen molar-refractivity contribution in [1.29, 1.82) is 0 Å². The van der Waals surface area contributed by atoms with Gasteiger partial charge < -0.3 is 5.73 Å². The van der Waals surface area contributed by atoms with Gasteiger partial charge in [0.05, 0.1) is 11.5 Å². The third-order valence-electron chi connectivity index (χ3n) is 1.58. The van der Waals surface area contributed by atoms with Crippen molar-refractivity contribution in [2.45, 2.75) is 39.7 Å². The maximum absolute atomic E-state index is 12.0. The van der Waals surface area contributed by atoms with Crippen molar-refractivity contribution >= 4 is 27.4 Å². The molecule has 0 saturated heterocycles. The van der Waals surface area contributed by atoms with E-state index in [-0.39, 0.29) is 11.5 Å².